The zero-order valence-electron chi connectivity index (χ0n) is 16.4. The predicted molar refractivity (Wildman–Crippen MR) is 120 cm³/mol. The summed E-state index contributed by atoms with van der Waals surface area (Å²) in [6, 6.07) is 21.6. The second-order valence-corrected chi connectivity index (χ2v) is 8.18. The average Bonchev–Trinajstić information content (AvgIpc) is 3.20. The smallest absolute Gasteiger partial charge is 0.213 e. The number of hydrogen-bond acceptors (Lipinski definition) is 4. The lowest BCUT2D eigenvalue weighted by molar-refractivity contribution is -0.0190. The van der Waals surface area contributed by atoms with Gasteiger partial charge in [0.15, 0.2) is 0 Å². The summed E-state index contributed by atoms with van der Waals surface area (Å²) in [5.41, 5.74) is 4.13. The van der Waals surface area contributed by atoms with Crippen LogP contribution < -0.4 is 9.47 Å². The van der Waals surface area contributed by atoms with E-state index < -0.39 is 0 Å². The fraction of sp³-hybridized carbons (Fsp3) is 0.208. The third kappa shape index (κ3) is 3.51. The minimum atomic E-state index is -0.329. The van der Waals surface area contributed by atoms with Crippen LogP contribution in [0.25, 0.3) is 0 Å². The second-order valence-electron chi connectivity index (χ2n) is 7.31. The highest BCUT2D eigenvalue weighted by atomic mass is 35.5. The van der Waals surface area contributed by atoms with Crippen molar-refractivity contribution >= 4 is 28.9 Å². The molecule has 30 heavy (non-hydrogen) atoms. The number of fused-ring (bicyclic) bond motifs is 3. The van der Waals surface area contributed by atoms with Crippen LogP contribution in [0.4, 0.5) is 0 Å². The van der Waals surface area contributed by atoms with Crippen molar-refractivity contribution in [3.8, 4) is 11.5 Å². The zero-order chi connectivity index (χ0) is 20.7. The van der Waals surface area contributed by atoms with Crippen LogP contribution in [0.2, 0.25) is 10.0 Å². The molecule has 0 bridgehead atoms. The van der Waals surface area contributed by atoms with E-state index in [9.17, 15) is 0 Å². The minimum absolute atomic E-state index is 0.0506. The van der Waals surface area contributed by atoms with Crippen LogP contribution >= 0.6 is 23.2 Å². The highest BCUT2D eigenvalue weighted by Crippen LogP contribution is 2.48. The summed E-state index contributed by atoms with van der Waals surface area (Å²) in [5, 5.41) is 8.40. The number of hydrogen-bond donors (Lipinski definition) is 0. The zero-order valence-corrected chi connectivity index (χ0v) is 17.9. The van der Waals surface area contributed by atoms with Gasteiger partial charge in [-0.05, 0) is 67.1 Å². The third-order valence-corrected chi connectivity index (χ3v) is 5.89. The van der Waals surface area contributed by atoms with E-state index >= 15 is 0 Å². The molecule has 0 unspecified atom stereocenters. The van der Waals surface area contributed by atoms with Crippen molar-refractivity contribution in [1.82, 2.24) is 5.01 Å². The first-order valence-corrected chi connectivity index (χ1v) is 10.7. The molecule has 2 atom stereocenters. The summed E-state index contributed by atoms with van der Waals surface area (Å²) < 4.78 is 12.0. The van der Waals surface area contributed by atoms with Gasteiger partial charge in [-0.3, -0.25) is 0 Å². The van der Waals surface area contributed by atoms with Gasteiger partial charge < -0.3 is 9.47 Å². The molecule has 6 heteroatoms. The van der Waals surface area contributed by atoms with E-state index in [2.05, 4.69) is 0 Å². The van der Waals surface area contributed by atoms with Crippen molar-refractivity contribution < 1.29 is 9.47 Å². The molecule has 0 saturated carbocycles. The van der Waals surface area contributed by atoms with E-state index in [0.29, 0.717) is 16.7 Å². The molecule has 3 aromatic rings. The van der Waals surface area contributed by atoms with Gasteiger partial charge in [0.2, 0.25) is 6.23 Å². The van der Waals surface area contributed by atoms with E-state index in [0.717, 1.165) is 40.3 Å². The van der Waals surface area contributed by atoms with E-state index in [1.807, 2.05) is 78.7 Å². The van der Waals surface area contributed by atoms with Gasteiger partial charge in [-0.15, -0.1) is 0 Å². The fourth-order valence-electron chi connectivity index (χ4n) is 3.99. The Morgan fingerprint density at radius 2 is 1.73 bits per heavy atom. The number of halogens is 2. The Balaban J connectivity index is 1.55. The topological polar surface area (TPSA) is 34.1 Å². The third-order valence-electron chi connectivity index (χ3n) is 5.41. The Hall–Kier alpha value is -2.69. The quantitative estimate of drug-likeness (QED) is 0.457. The van der Waals surface area contributed by atoms with Gasteiger partial charge in [0.25, 0.3) is 0 Å². The number of benzene rings is 3. The van der Waals surface area contributed by atoms with Crippen molar-refractivity contribution in [2.45, 2.75) is 25.6 Å². The minimum Gasteiger partial charge on any atom is -0.494 e. The van der Waals surface area contributed by atoms with Gasteiger partial charge in [-0.1, -0.05) is 35.3 Å². The van der Waals surface area contributed by atoms with Gasteiger partial charge in [0.05, 0.1) is 18.4 Å². The van der Waals surface area contributed by atoms with Crippen molar-refractivity contribution in [3.05, 3.63) is 93.5 Å². The van der Waals surface area contributed by atoms with E-state index in [-0.39, 0.29) is 12.3 Å². The van der Waals surface area contributed by atoms with E-state index in [1.165, 1.54) is 0 Å². The van der Waals surface area contributed by atoms with E-state index in [4.69, 9.17) is 37.8 Å². The number of nitrogens with zero attached hydrogens (tertiary/aromatic N) is 2. The molecular weight excluding hydrogens is 419 g/mol. The highest BCUT2D eigenvalue weighted by molar-refractivity contribution is 6.31. The standard InChI is InChI=1S/C24H20Cl2N2O2/c1-2-29-19-10-5-16(6-11-19)24-28-22(20-13-18(26)9-12-23(20)30-24)14-21(27-28)15-3-7-17(25)8-4-15/h3-13,22,24H,2,14H2,1H3/t22-,24+/m0/s1. The highest BCUT2D eigenvalue weighted by Gasteiger charge is 2.41. The molecular formula is C24H20Cl2N2O2. The molecule has 4 nitrogen and oxygen atoms in total. The predicted octanol–water partition coefficient (Wildman–Crippen LogP) is 6.63. The lowest BCUT2D eigenvalue weighted by Gasteiger charge is -2.38. The molecule has 3 aromatic carbocycles. The molecule has 0 amide bonds. The molecule has 2 aliphatic rings. The Labute approximate surface area is 185 Å². The molecule has 5 rings (SSSR count). The first-order chi connectivity index (χ1) is 14.6. The van der Waals surface area contributed by atoms with Gasteiger partial charge in [0.1, 0.15) is 11.5 Å². The van der Waals surface area contributed by atoms with E-state index in [1.54, 1.807) is 0 Å². The molecule has 2 heterocycles. The molecule has 0 radical (unpaired) electrons. The molecule has 0 N–H and O–H groups in total. The monoisotopic (exact) mass is 438 g/mol. The molecule has 0 spiro atoms. The second kappa shape index (κ2) is 7.86. The first-order valence-electron chi connectivity index (χ1n) is 9.93. The van der Waals surface area contributed by atoms with Gasteiger partial charge in [-0.2, -0.15) is 5.10 Å². The summed E-state index contributed by atoms with van der Waals surface area (Å²) in [6.45, 7) is 2.61. The van der Waals surface area contributed by atoms with Crippen molar-refractivity contribution in [3.63, 3.8) is 0 Å². The maximum Gasteiger partial charge on any atom is 0.213 e. The molecule has 152 valence electrons. The Bertz CT molecular complexity index is 1100. The largest absolute Gasteiger partial charge is 0.494 e. The lowest BCUT2D eigenvalue weighted by atomic mass is 9.96. The van der Waals surface area contributed by atoms with Gasteiger partial charge in [0, 0.05) is 27.6 Å². The lowest BCUT2D eigenvalue weighted by Crippen LogP contribution is -2.33. The molecule has 0 saturated heterocycles. The Morgan fingerprint density at radius 3 is 2.47 bits per heavy atom. The average molecular weight is 439 g/mol. The summed E-state index contributed by atoms with van der Waals surface area (Å²) in [4.78, 5) is 0. The van der Waals surface area contributed by atoms with Crippen LogP contribution in [0.5, 0.6) is 11.5 Å². The van der Waals surface area contributed by atoms with Crippen LogP contribution in [-0.4, -0.2) is 17.3 Å². The van der Waals surface area contributed by atoms with Crippen LogP contribution in [0, 0.1) is 0 Å². The number of rotatable bonds is 4. The van der Waals surface area contributed by atoms with Crippen molar-refractivity contribution in [2.75, 3.05) is 6.61 Å². The molecule has 2 aliphatic heterocycles. The fourth-order valence-corrected chi connectivity index (χ4v) is 4.30. The molecule has 0 aromatic heterocycles. The summed E-state index contributed by atoms with van der Waals surface area (Å²) in [5.74, 6) is 1.68. The summed E-state index contributed by atoms with van der Waals surface area (Å²) in [7, 11) is 0. The maximum atomic E-state index is 6.39. The van der Waals surface area contributed by atoms with Gasteiger partial charge in [-0.25, -0.2) is 5.01 Å². The van der Waals surface area contributed by atoms with Crippen LogP contribution in [0.15, 0.2) is 71.8 Å². The van der Waals surface area contributed by atoms with Gasteiger partial charge >= 0.3 is 0 Å². The SMILES string of the molecule is CCOc1ccc([C@H]2Oc3ccc(Cl)cc3[C@@H]3CC(c4ccc(Cl)cc4)=NN23)cc1. The maximum absolute atomic E-state index is 6.39. The van der Waals surface area contributed by atoms with Crippen LogP contribution in [-0.2, 0) is 0 Å². The Morgan fingerprint density at radius 1 is 1.00 bits per heavy atom. The number of hydrazone groups is 1. The normalized spacial score (nSPS) is 19.6. The van der Waals surface area contributed by atoms with Crippen LogP contribution in [0.3, 0.4) is 0 Å². The molecule has 0 fully saturated rings. The first kappa shape index (κ1) is 19.3. The summed E-state index contributed by atoms with van der Waals surface area (Å²) in [6.07, 6.45) is 0.440. The summed E-state index contributed by atoms with van der Waals surface area (Å²) >= 11 is 12.4. The Kier molecular flexibility index (Phi) is 5.05. The van der Waals surface area contributed by atoms with Crippen molar-refractivity contribution in [2.24, 2.45) is 5.10 Å². The van der Waals surface area contributed by atoms with Crippen LogP contribution in [0.1, 0.15) is 42.3 Å². The van der Waals surface area contributed by atoms with Crippen molar-refractivity contribution in [1.29, 1.82) is 0 Å². The molecule has 0 aliphatic carbocycles. The number of ether oxygens (including phenoxy) is 2.